The number of hydrogen-bond acceptors (Lipinski definition) is 4. The Morgan fingerprint density at radius 2 is 1.91 bits per heavy atom. The van der Waals surface area contributed by atoms with Crippen LogP contribution in [-0.4, -0.2) is 15.7 Å². The molecule has 1 aliphatic heterocycles. The lowest BCUT2D eigenvalue weighted by molar-refractivity contribution is -0.385. The molecule has 0 fully saturated rings. The highest BCUT2D eigenvalue weighted by molar-refractivity contribution is 5.96. The predicted molar refractivity (Wildman–Crippen MR) is 83.1 cm³/mol. The lowest BCUT2D eigenvalue weighted by Crippen LogP contribution is -2.31. The molecule has 0 radical (unpaired) electrons. The van der Waals surface area contributed by atoms with Crippen molar-refractivity contribution in [2.45, 2.75) is 6.04 Å². The Morgan fingerprint density at radius 1 is 1.17 bits per heavy atom. The molecule has 0 aliphatic carbocycles. The first-order valence-corrected chi connectivity index (χ1v) is 6.86. The number of rotatable bonds is 2. The van der Waals surface area contributed by atoms with E-state index in [4.69, 9.17) is 0 Å². The summed E-state index contributed by atoms with van der Waals surface area (Å²) in [5.74, 6) is -0.328. The lowest BCUT2D eigenvalue weighted by Gasteiger charge is -2.28. The van der Waals surface area contributed by atoms with Gasteiger partial charge in [-0.25, -0.2) is 0 Å². The maximum Gasteiger partial charge on any atom is 0.277 e. The molecule has 1 aliphatic rings. The first-order chi connectivity index (χ1) is 11.1. The third kappa shape index (κ3) is 2.45. The number of carbonyl (C=O) groups is 1. The Labute approximate surface area is 132 Å². The average Bonchev–Trinajstić information content (AvgIpc) is 2.60. The topological polar surface area (TPSA) is 87.2 Å². The Balaban J connectivity index is 2.06. The summed E-state index contributed by atoms with van der Waals surface area (Å²) in [5.41, 5.74) is 1.19. The Kier molecular flexibility index (Phi) is 3.61. The van der Waals surface area contributed by atoms with Gasteiger partial charge in [0, 0.05) is 23.4 Å². The summed E-state index contributed by atoms with van der Waals surface area (Å²) < 4.78 is 0. The van der Waals surface area contributed by atoms with Crippen molar-refractivity contribution in [3.05, 3.63) is 81.5 Å². The molecule has 6 nitrogen and oxygen atoms in total. The van der Waals surface area contributed by atoms with Crippen LogP contribution in [0.3, 0.4) is 0 Å². The zero-order valence-electron chi connectivity index (χ0n) is 11.9. The normalized spacial score (nSPS) is 15.6. The molecule has 0 aromatic heterocycles. The minimum Gasteiger partial charge on any atom is -0.294 e. The number of nitro groups is 1. The third-order valence-electron chi connectivity index (χ3n) is 3.67. The number of nitrogens with zero attached hydrogens (tertiary/aromatic N) is 3. The second kappa shape index (κ2) is 5.73. The summed E-state index contributed by atoms with van der Waals surface area (Å²) in [7, 11) is 0. The molecule has 0 saturated heterocycles. The van der Waals surface area contributed by atoms with E-state index in [-0.39, 0.29) is 11.6 Å². The number of fused-ring (bicyclic) bond motifs is 1. The molecule has 0 N–H and O–H groups in total. The summed E-state index contributed by atoms with van der Waals surface area (Å²) in [6, 6.07) is 14.3. The van der Waals surface area contributed by atoms with Crippen molar-refractivity contribution >= 4 is 17.7 Å². The lowest BCUT2D eigenvalue weighted by atomic mass is 9.95. The Morgan fingerprint density at radius 3 is 2.57 bits per heavy atom. The van der Waals surface area contributed by atoms with E-state index in [1.54, 1.807) is 36.4 Å². The fourth-order valence-corrected chi connectivity index (χ4v) is 2.59. The van der Waals surface area contributed by atoms with Crippen molar-refractivity contribution in [1.29, 1.82) is 5.26 Å². The highest BCUT2D eigenvalue weighted by Crippen LogP contribution is 2.35. The summed E-state index contributed by atoms with van der Waals surface area (Å²) in [6.45, 7) is 0. The zero-order chi connectivity index (χ0) is 16.4. The molecule has 0 saturated carbocycles. The number of benzene rings is 2. The monoisotopic (exact) mass is 305 g/mol. The van der Waals surface area contributed by atoms with Crippen LogP contribution >= 0.6 is 0 Å². The number of nitriles is 1. The number of hydrogen-bond donors (Lipinski definition) is 0. The van der Waals surface area contributed by atoms with Crippen molar-refractivity contribution in [1.82, 2.24) is 4.90 Å². The fourth-order valence-electron chi connectivity index (χ4n) is 2.59. The van der Waals surface area contributed by atoms with E-state index in [2.05, 4.69) is 6.07 Å². The van der Waals surface area contributed by atoms with Crippen LogP contribution in [0.2, 0.25) is 0 Å². The second-order valence-electron chi connectivity index (χ2n) is 4.96. The van der Waals surface area contributed by atoms with Crippen molar-refractivity contribution in [2.24, 2.45) is 0 Å². The molecule has 1 atom stereocenters. The fraction of sp³-hybridized carbons (Fsp3) is 0.0588. The molecule has 2 aromatic rings. The van der Waals surface area contributed by atoms with Gasteiger partial charge in [0.15, 0.2) is 0 Å². The number of carbonyl (C=O) groups excluding carboxylic acids is 1. The van der Waals surface area contributed by atoms with Gasteiger partial charge in [-0.15, -0.1) is 0 Å². The van der Waals surface area contributed by atoms with E-state index in [0.29, 0.717) is 16.7 Å². The summed E-state index contributed by atoms with van der Waals surface area (Å²) >= 11 is 0. The van der Waals surface area contributed by atoms with Crippen molar-refractivity contribution in [3.8, 4) is 6.07 Å². The first-order valence-electron chi connectivity index (χ1n) is 6.86. The van der Waals surface area contributed by atoms with Gasteiger partial charge in [0.25, 0.3) is 11.6 Å². The van der Waals surface area contributed by atoms with Gasteiger partial charge in [0.05, 0.1) is 16.6 Å². The standard InChI is InChI=1S/C17H11N3O3/c18-11-16-13-7-4-8-15(20(22)23)14(13)9-10-19(16)17(21)12-5-2-1-3-6-12/h1-10,16H/t16-/m1/s1. The van der Waals surface area contributed by atoms with Crippen LogP contribution in [0.5, 0.6) is 0 Å². The molecule has 0 spiro atoms. The van der Waals surface area contributed by atoms with Crippen molar-refractivity contribution < 1.29 is 9.72 Å². The van der Waals surface area contributed by atoms with Crippen LogP contribution in [0.1, 0.15) is 27.5 Å². The van der Waals surface area contributed by atoms with Crippen LogP contribution in [0, 0.1) is 21.4 Å². The Bertz CT molecular complexity index is 853. The third-order valence-corrected chi connectivity index (χ3v) is 3.67. The quantitative estimate of drug-likeness (QED) is 0.629. The van der Waals surface area contributed by atoms with Gasteiger partial charge < -0.3 is 0 Å². The van der Waals surface area contributed by atoms with Crippen LogP contribution < -0.4 is 0 Å². The van der Waals surface area contributed by atoms with Gasteiger partial charge in [0.1, 0.15) is 6.04 Å². The molecule has 1 amide bonds. The van der Waals surface area contributed by atoms with Gasteiger partial charge in [-0.2, -0.15) is 5.26 Å². The average molecular weight is 305 g/mol. The molecule has 3 rings (SSSR count). The molecule has 2 aromatic carbocycles. The van der Waals surface area contributed by atoms with Crippen LogP contribution in [0.4, 0.5) is 5.69 Å². The molecule has 112 valence electrons. The van der Waals surface area contributed by atoms with Crippen LogP contribution in [0.15, 0.2) is 54.7 Å². The smallest absolute Gasteiger partial charge is 0.277 e. The highest BCUT2D eigenvalue weighted by Gasteiger charge is 2.31. The van der Waals surface area contributed by atoms with Crippen molar-refractivity contribution in [3.63, 3.8) is 0 Å². The van der Waals surface area contributed by atoms with E-state index in [1.807, 2.05) is 0 Å². The van der Waals surface area contributed by atoms with E-state index in [9.17, 15) is 20.2 Å². The Hall–Kier alpha value is -3.46. The largest absolute Gasteiger partial charge is 0.294 e. The minimum atomic E-state index is -0.900. The van der Waals surface area contributed by atoms with E-state index < -0.39 is 11.0 Å². The summed E-state index contributed by atoms with van der Waals surface area (Å²) in [5, 5.41) is 20.6. The SMILES string of the molecule is N#C[C@@H]1c2cccc([N+](=O)[O-])c2C=CN1C(=O)c1ccccc1. The van der Waals surface area contributed by atoms with Gasteiger partial charge in [-0.05, 0) is 18.2 Å². The summed E-state index contributed by atoms with van der Waals surface area (Å²) in [4.78, 5) is 24.5. The molecule has 1 heterocycles. The zero-order valence-corrected chi connectivity index (χ0v) is 11.9. The highest BCUT2D eigenvalue weighted by atomic mass is 16.6. The first kappa shape index (κ1) is 14.5. The molecule has 23 heavy (non-hydrogen) atoms. The summed E-state index contributed by atoms with van der Waals surface area (Å²) in [6.07, 6.45) is 2.93. The van der Waals surface area contributed by atoms with Gasteiger partial charge >= 0.3 is 0 Å². The van der Waals surface area contributed by atoms with E-state index >= 15 is 0 Å². The molecule has 0 bridgehead atoms. The van der Waals surface area contributed by atoms with Crippen LogP contribution in [0.25, 0.3) is 6.08 Å². The van der Waals surface area contributed by atoms with Gasteiger partial charge in [-0.1, -0.05) is 30.3 Å². The molecular weight excluding hydrogens is 294 g/mol. The molecule has 0 unspecified atom stereocenters. The predicted octanol–water partition coefficient (Wildman–Crippen LogP) is 3.29. The minimum absolute atomic E-state index is 0.0780. The molecular formula is C17H11N3O3. The number of amides is 1. The van der Waals surface area contributed by atoms with E-state index in [1.165, 1.54) is 29.3 Å². The molecule has 6 heteroatoms. The maximum atomic E-state index is 12.6. The van der Waals surface area contributed by atoms with E-state index in [0.717, 1.165) is 0 Å². The van der Waals surface area contributed by atoms with Gasteiger partial charge in [0.2, 0.25) is 0 Å². The number of nitro benzene ring substituents is 1. The van der Waals surface area contributed by atoms with Gasteiger partial charge in [-0.3, -0.25) is 19.8 Å². The maximum absolute atomic E-state index is 12.6. The van der Waals surface area contributed by atoms with Crippen LogP contribution in [-0.2, 0) is 0 Å². The van der Waals surface area contributed by atoms with Crippen molar-refractivity contribution in [2.75, 3.05) is 0 Å². The second-order valence-corrected chi connectivity index (χ2v) is 4.96.